The molecule has 3 atom stereocenters. The summed E-state index contributed by atoms with van der Waals surface area (Å²) in [6.45, 7) is 8.06. The van der Waals surface area contributed by atoms with Crippen LogP contribution in [0.15, 0.2) is 0 Å². The van der Waals surface area contributed by atoms with Gasteiger partial charge in [0.2, 0.25) is 0 Å². The van der Waals surface area contributed by atoms with E-state index in [9.17, 15) is 0 Å². The highest BCUT2D eigenvalue weighted by Gasteiger charge is 2.25. The second-order valence-electron chi connectivity index (χ2n) is 5.73. The molecule has 1 saturated heterocycles. The SMILES string of the molecule is CC1CC(C)CC(OCC2CCNC2)C1. The largest absolute Gasteiger partial charge is 0.378 e. The molecule has 1 aliphatic carbocycles. The van der Waals surface area contributed by atoms with Crippen molar-refractivity contribution >= 4 is 0 Å². The van der Waals surface area contributed by atoms with Crippen molar-refractivity contribution in [2.45, 2.75) is 45.6 Å². The molecule has 1 N–H and O–H groups in total. The Morgan fingerprint density at radius 2 is 1.87 bits per heavy atom. The van der Waals surface area contributed by atoms with Crippen molar-refractivity contribution in [3.63, 3.8) is 0 Å². The highest BCUT2D eigenvalue weighted by molar-refractivity contribution is 4.77. The van der Waals surface area contributed by atoms with Crippen molar-refractivity contribution in [2.24, 2.45) is 17.8 Å². The van der Waals surface area contributed by atoms with Crippen molar-refractivity contribution in [3.05, 3.63) is 0 Å². The van der Waals surface area contributed by atoms with Crippen LogP contribution in [0.25, 0.3) is 0 Å². The third-order valence-electron chi connectivity index (χ3n) is 3.87. The van der Waals surface area contributed by atoms with Gasteiger partial charge in [-0.2, -0.15) is 0 Å². The first-order valence-electron chi connectivity index (χ1n) is 6.56. The molecule has 15 heavy (non-hydrogen) atoms. The zero-order valence-electron chi connectivity index (χ0n) is 10.2. The first-order chi connectivity index (χ1) is 7.24. The number of ether oxygens (including phenoxy) is 1. The Bertz CT molecular complexity index is 179. The molecule has 1 heterocycles. The average Bonchev–Trinajstić information content (AvgIpc) is 2.65. The smallest absolute Gasteiger partial charge is 0.0580 e. The zero-order valence-corrected chi connectivity index (χ0v) is 10.2. The predicted octanol–water partition coefficient (Wildman–Crippen LogP) is 2.44. The van der Waals surface area contributed by atoms with Gasteiger partial charge in [0.1, 0.15) is 0 Å². The van der Waals surface area contributed by atoms with Gasteiger partial charge in [-0.05, 0) is 50.0 Å². The van der Waals surface area contributed by atoms with E-state index in [-0.39, 0.29) is 0 Å². The van der Waals surface area contributed by atoms with Crippen LogP contribution in [0.1, 0.15) is 39.5 Å². The Morgan fingerprint density at radius 3 is 2.47 bits per heavy atom. The van der Waals surface area contributed by atoms with Crippen molar-refractivity contribution in [1.29, 1.82) is 0 Å². The van der Waals surface area contributed by atoms with E-state index in [1.807, 2.05) is 0 Å². The summed E-state index contributed by atoms with van der Waals surface area (Å²) < 4.78 is 6.07. The summed E-state index contributed by atoms with van der Waals surface area (Å²) in [5, 5.41) is 3.40. The van der Waals surface area contributed by atoms with Crippen molar-refractivity contribution < 1.29 is 4.74 Å². The first-order valence-corrected chi connectivity index (χ1v) is 6.56. The van der Waals surface area contributed by atoms with Gasteiger partial charge in [-0.25, -0.2) is 0 Å². The predicted molar refractivity (Wildman–Crippen MR) is 62.9 cm³/mol. The summed E-state index contributed by atoms with van der Waals surface area (Å²) in [5.41, 5.74) is 0. The van der Waals surface area contributed by atoms with Gasteiger partial charge in [-0.1, -0.05) is 13.8 Å². The summed E-state index contributed by atoms with van der Waals surface area (Å²) in [4.78, 5) is 0. The van der Waals surface area contributed by atoms with Crippen LogP contribution in [-0.2, 0) is 4.74 Å². The van der Waals surface area contributed by atoms with Crippen LogP contribution in [-0.4, -0.2) is 25.8 Å². The van der Waals surface area contributed by atoms with Gasteiger partial charge in [0, 0.05) is 6.54 Å². The van der Waals surface area contributed by atoms with Crippen LogP contribution in [0.3, 0.4) is 0 Å². The lowest BCUT2D eigenvalue weighted by Crippen LogP contribution is -2.28. The molecule has 0 aromatic carbocycles. The normalized spacial score (nSPS) is 42.0. The van der Waals surface area contributed by atoms with Gasteiger partial charge >= 0.3 is 0 Å². The fourth-order valence-corrected chi connectivity index (χ4v) is 3.14. The van der Waals surface area contributed by atoms with Gasteiger partial charge < -0.3 is 10.1 Å². The maximum atomic E-state index is 6.07. The monoisotopic (exact) mass is 211 g/mol. The van der Waals surface area contributed by atoms with E-state index >= 15 is 0 Å². The third-order valence-corrected chi connectivity index (χ3v) is 3.87. The zero-order chi connectivity index (χ0) is 10.7. The average molecular weight is 211 g/mol. The van der Waals surface area contributed by atoms with Crippen molar-refractivity contribution in [2.75, 3.05) is 19.7 Å². The molecule has 0 radical (unpaired) electrons. The molecule has 2 fully saturated rings. The second kappa shape index (κ2) is 5.31. The fraction of sp³-hybridized carbons (Fsp3) is 1.00. The van der Waals surface area contributed by atoms with E-state index in [1.165, 1.54) is 32.2 Å². The molecule has 1 aliphatic heterocycles. The Morgan fingerprint density at radius 1 is 1.13 bits per heavy atom. The maximum Gasteiger partial charge on any atom is 0.0580 e. The van der Waals surface area contributed by atoms with E-state index in [4.69, 9.17) is 4.74 Å². The topological polar surface area (TPSA) is 21.3 Å². The van der Waals surface area contributed by atoms with Crippen LogP contribution in [0.2, 0.25) is 0 Å². The van der Waals surface area contributed by atoms with E-state index in [1.54, 1.807) is 0 Å². The molecule has 0 amide bonds. The lowest BCUT2D eigenvalue weighted by atomic mass is 9.82. The summed E-state index contributed by atoms with van der Waals surface area (Å²) >= 11 is 0. The maximum absolute atomic E-state index is 6.07. The molecule has 3 unspecified atom stereocenters. The number of nitrogens with one attached hydrogen (secondary N) is 1. The quantitative estimate of drug-likeness (QED) is 0.774. The van der Waals surface area contributed by atoms with Gasteiger partial charge in [-0.3, -0.25) is 0 Å². The molecule has 0 aromatic heterocycles. The Balaban J connectivity index is 1.69. The highest BCUT2D eigenvalue weighted by Crippen LogP contribution is 2.30. The molecule has 2 rings (SSSR count). The molecular weight excluding hydrogens is 186 g/mol. The Labute approximate surface area is 93.8 Å². The van der Waals surface area contributed by atoms with Crippen LogP contribution in [0, 0.1) is 17.8 Å². The molecule has 2 aliphatic rings. The van der Waals surface area contributed by atoms with E-state index in [0.29, 0.717) is 6.10 Å². The molecule has 1 saturated carbocycles. The van der Waals surface area contributed by atoms with Crippen LogP contribution in [0.4, 0.5) is 0 Å². The second-order valence-corrected chi connectivity index (χ2v) is 5.73. The lowest BCUT2D eigenvalue weighted by molar-refractivity contribution is -0.0130. The van der Waals surface area contributed by atoms with Crippen molar-refractivity contribution in [3.8, 4) is 0 Å². The Kier molecular flexibility index (Phi) is 4.04. The summed E-state index contributed by atoms with van der Waals surface area (Å²) in [6, 6.07) is 0. The van der Waals surface area contributed by atoms with Crippen LogP contribution < -0.4 is 5.32 Å². The van der Waals surface area contributed by atoms with E-state index in [0.717, 1.165) is 30.9 Å². The van der Waals surface area contributed by atoms with Gasteiger partial charge in [0.15, 0.2) is 0 Å². The summed E-state index contributed by atoms with van der Waals surface area (Å²) in [6.07, 6.45) is 5.81. The molecule has 0 aromatic rings. The minimum atomic E-state index is 0.546. The van der Waals surface area contributed by atoms with Crippen molar-refractivity contribution in [1.82, 2.24) is 5.32 Å². The third kappa shape index (κ3) is 3.46. The Hall–Kier alpha value is -0.0800. The molecule has 2 heteroatoms. The first kappa shape index (κ1) is 11.4. The van der Waals surface area contributed by atoms with Gasteiger partial charge in [0.05, 0.1) is 12.7 Å². The minimum Gasteiger partial charge on any atom is -0.378 e. The molecule has 2 nitrogen and oxygen atoms in total. The van der Waals surface area contributed by atoms with E-state index in [2.05, 4.69) is 19.2 Å². The van der Waals surface area contributed by atoms with Crippen LogP contribution >= 0.6 is 0 Å². The summed E-state index contributed by atoms with van der Waals surface area (Å²) in [7, 11) is 0. The molecule has 0 bridgehead atoms. The van der Waals surface area contributed by atoms with Gasteiger partial charge in [-0.15, -0.1) is 0 Å². The molecular formula is C13H25NO. The highest BCUT2D eigenvalue weighted by atomic mass is 16.5. The summed E-state index contributed by atoms with van der Waals surface area (Å²) in [5.74, 6) is 2.50. The standard InChI is InChI=1S/C13H25NO/c1-10-5-11(2)7-13(6-10)15-9-12-3-4-14-8-12/h10-14H,3-9H2,1-2H3. The number of rotatable bonds is 3. The number of hydrogen-bond acceptors (Lipinski definition) is 2. The fourth-order valence-electron chi connectivity index (χ4n) is 3.14. The lowest BCUT2D eigenvalue weighted by Gasteiger charge is -2.32. The number of hydrogen-bond donors (Lipinski definition) is 1. The van der Waals surface area contributed by atoms with Gasteiger partial charge in [0.25, 0.3) is 0 Å². The van der Waals surface area contributed by atoms with E-state index < -0.39 is 0 Å². The van der Waals surface area contributed by atoms with Crippen LogP contribution in [0.5, 0.6) is 0 Å². The molecule has 0 spiro atoms. The minimum absolute atomic E-state index is 0.546. The molecule has 88 valence electrons.